The summed E-state index contributed by atoms with van der Waals surface area (Å²) < 4.78 is 0. The second-order valence-corrected chi connectivity index (χ2v) is 7.00. The van der Waals surface area contributed by atoms with E-state index >= 15 is 0 Å². The summed E-state index contributed by atoms with van der Waals surface area (Å²) in [6.45, 7) is 7.41. The fourth-order valence-electron chi connectivity index (χ4n) is 3.56. The van der Waals surface area contributed by atoms with Crippen molar-refractivity contribution in [2.45, 2.75) is 63.5 Å². The zero-order valence-electron chi connectivity index (χ0n) is 13.4. The molecule has 21 heavy (non-hydrogen) atoms. The molecule has 0 bridgehead atoms. The summed E-state index contributed by atoms with van der Waals surface area (Å²) >= 11 is 0. The molecule has 0 spiro atoms. The molecule has 1 unspecified atom stereocenters. The summed E-state index contributed by atoms with van der Waals surface area (Å²) in [6.07, 6.45) is 8.10. The minimum atomic E-state index is -1.07. The van der Waals surface area contributed by atoms with Crippen LogP contribution in [0.5, 0.6) is 0 Å². The first kappa shape index (κ1) is 16.7. The number of carbonyl (C=O) groups is 1. The molecular weight excluding hydrogens is 266 g/mol. The molecule has 1 saturated heterocycles. The lowest BCUT2D eigenvalue weighted by atomic mass is 9.96. The van der Waals surface area contributed by atoms with Crippen LogP contribution in [-0.4, -0.2) is 65.2 Å². The topological polar surface area (TPSA) is 69.8 Å². The van der Waals surface area contributed by atoms with E-state index in [4.69, 9.17) is 10.8 Å². The number of rotatable bonds is 7. The zero-order valence-corrected chi connectivity index (χ0v) is 13.4. The van der Waals surface area contributed by atoms with Gasteiger partial charge in [0.25, 0.3) is 0 Å². The van der Waals surface area contributed by atoms with Crippen LogP contribution in [0, 0.1) is 0 Å². The Morgan fingerprint density at radius 1 is 1.19 bits per heavy atom. The van der Waals surface area contributed by atoms with Gasteiger partial charge in [-0.1, -0.05) is 12.8 Å². The molecule has 1 aliphatic carbocycles. The molecule has 3 N–H and O–H groups in total. The molecule has 122 valence electrons. The van der Waals surface area contributed by atoms with Crippen LogP contribution in [0.3, 0.4) is 0 Å². The molecule has 5 nitrogen and oxygen atoms in total. The highest BCUT2D eigenvalue weighted by Crippen LogP contribution is 2.24. The van der Waals surface area contributed by atoms with Gasteiger partial charge in [0.15, 0.2) is 0 Å². The molecule has 5 heteroatoms. The Kier molecular flexibility index (Phi) is 6.02. The fourth-order valence-corrected chi connectivity index (χ4v) is 3.56. The van der Waals surface area contributed by atoms with Crippen molar-refractivity contribution in [1.82, 2.24) is 9.80 Å². The monoisotopic (exact) mass is 297 g/mol. The first-order valence-electron chi connectivity index (χ1n) is 8.48. The average molecular weight is 297 g/mol. The SMILES string of the molecule is CC(N)(CCCCN1CCN(C2CCCC2)CC1)C(=O)O. The highest BCUT2D eigenvalue weighted by molar-refractivity contribution is 5.77. The Balaban J connectivity index is 1.57. The van der Waals surface area contributed by atoms with Crippen LogP contribution in [0.15, 0.2) is 0 Å². The average Bonchev–Trinajstić information content (AvgIpc) is 2.98. The van der Waals surface area contributed by atoms with E-state index in [1.54, 1.807) is 6.92 Å². The van der Waals surface area contributed by atoms with Crippen molar-refractivity contribution in [1.29, 1.82) is 0 Å². The number of piperazine rings is 1. The summed E-state index contributed by atoms with van der Waals surface area (Å²) in [7, 11) is 0. The molecule has 0 aromatic rings. The van der Waals surface area contributed by atoms with E-state index < -0.39 is 11.5 Å². The third kappa shape index (κ3) is 4.94. The van der Waals surface area contributed by atoms with Crippen molar-refractivity contribution in [2.75, 3.05) is 32.7 Å². The summed E-state index contributed by atoms with van der Waals surface area (Å²) in [5, 5.41) is 8.98. The predicted molar refractivity (Wildman–Crippen MR) is 84.3 cm³/mol. The molecule has 0 amide bonds. The van der Waals surface area contributed by atoms with E-state index in [0.717, 1.165) is 38.5 Å². The van der Waals surface area contributed by atoms with Crippen molar-refractivity contribution in [3.05, 3.63) is 0 Å². The maximum atomic E-state index is 10.9. The fraction of sp³-hybridized carbons (Fsp3) is 0.938. The second-order valence-electron chi connectivity index (χ2n) is 7.00. The number of carboxylic acid groups (broad SMARTS) is 1. The number of aliphatic carboxylic acids is 1. The Bertz CT molecular complexity index is 332. The number of carboxylic acids is 1. The van der Waals surface area contributed by atoms with Gasteiger partial charge in [-0.05, 0) is 45.6 Å². The Labute approximate surface area is 128 Å². The van der Waals surface area contributed by atoms with Gasteiger partial charge in [-0.25, -0.2) is 0 Å². The smallest absolute Gasteiger partial charge is 0.323 e. The Morgan fingerprint density at radius 2 is 1.81 bits per heavy atom. The van der Waals surface area contributed by atoms with E-state index in [-0.39, 0.29) is 0 Å². The van der Waals surface area contributed by atoms with Crippen molar-refractivity contribution in [2.24, 2.45) is 5.73 Å². The summed E-state index contributed by atoms with van der Waals surface area (Å²) in [4.78, 5) is 16.1. The Hall–Kier alpha value is -0.650. The van der Waals surface area contributed by atoms with Crippen LogP contribution >= 0.6 is 0 Å². The molecule has 1 aliphatic heterocycles. The van der Waals surface area contributed by atoms with Crippen LogP contribution in [0.4, 0.5) is 0 Å². The number of hydrogen-bond acceptors (Lipinski definition) is 4. The standard InChI is InChI=1S/C16H31N3O2/c1-16(17,15(20)21)8-4-5-9-18-10-12-19(13-11-18)14-6-2-3-7-14/h14H,2-13,17H2,1H3,(H,20,21). The number of hydrogen-bond donors (Lipinski definition) is 2. The van der Waals surface area contributed by atoms with Gasteiger partial charge in [0, 0.05) is 32.2 Å². The molecule has 0 aromatic heterocycles. The minimum Gasteiger partial charge on any atom is -0.480 e. The van der Waals surface area contributed by atoms with Crippen molar-refractivity contribution >= 4 is 5.97 Å². The predicted octanol–water partition coefficient (Wildman–Crippen LogP) is 1.52. The van der Waals surface area contributed by atoms with Gasteiger partial charge >= 0.3 is 5.97 Å². The van der Waals surface area contributed by atoms with Crippen LogP contribution in [0.1, 0.15) is 51.9 Å². The van der Waals surface area contributed by atoms with Crippen LogP contribution < -0.4 is 5.73 Å². The van der Waals surface area contributed by atoms with Crippen LogP contribution in [0.2, 0.25) is 0 Å². The van der Waals surface area contributed by atoms with Gasteiger partial charge in [0.1, 0.15) is 5.54 Å². The van der Waals surface area contributed by atoms with Crippen LogP contribution in [0.25, 0.3) is 0 Å². The number of nitrogens with zero attached hydrogens (tertiary/aromatic N) is 2. The highest BCUT2D eigenvalue weighted by atomic mass is 16.4. The maximum Gasteiger partial charge on any atom is 0.323 e. The minimum absolute atomic E-state index is 0.560. The summed E-state index contributed by atoms with van der Waals surface area (Å²) in [6, 6.07) is 0.848. The first-order valence-corrected chi connectivity index (χ1v) is 8.48. The van der Waals surface area contributed by atoms with E-state index in [1.807, 2.05) is 0 Å². The molecule has 2 aliphatic rings. The van der Waals surface area contributed by atoms with E-state index in [0.29, 0.717) is 6.42 Å². The van der Waals surface area contributed by atoms with E-state index in [2.05, 4.69) is 9.80 Å². The second kappa shape index (κ2) is 7.56. The zero-order chi connectivity index (χ0) is 15.3. The van der Waals surface area contributed by atoms with E-state index in [9.17, 15) is 4.79 Å². The van der Waals surface area contributed by atoms with Gasteiger partial charge in [0.05, 0.1) is 0 Å². The molecule has 1 atom stereocenters. The largest absolute Gasteiger partial charge is 0.480 e. The van der Waals surface area contributed by atoms with Crippen molar-refractivity contribution in [3.8, 4) is 0 Å². The van der Waals surface area contributed by atoms with Gasteiger partial charge in [-0.3, -0.25) is 9.69 Å². The Morgan fingerprint density at radius 3 is 2.38 bits per heavy atom. The van der Waals surface area contributed by atoms with Gasteiger partial charge in [-0.15, -0.1) is 0 Å². The van der Waals surface area contributed by atoms with E-state index in [1.165, 1.54) is 38.8 Å². The quantitative estimate of drug-likeness (QED) is 0.697. The molecule has 0 radical (unpaired) electrons. The van der Waals surface area contributed by atoms with Gasteiger partial charge < -0.3 is 15.7 Å². The van der Waals surface area contributed by atoms with Crippen molar-refractivity contribution < 1.29 is 9.90 Å². The summed E-state index contributed by atoms with van der Waals surface area (Å²) in [5.41, 5.74) is 4.68. The molecule has 1 saturated carbocycles. The lowest BCUT2D eigenvalue weighted by Gasteiger charge is -2.38. The van der Waals surface area contributed by atoms with Gasteiger partial charge in [0.2, 0.25) is 0 Å². The van der Waals surface area contributed by atoms with Crippen molar-refractivity contribution in [3.63, 3.8) is 0 Å². The lowest BCUT2D eigenvalue weighted by molar-refractivity contribution is -0.142. The van der Waals surface area contributed by atoms with Gasteiger partial charge in [-0.2, -0.15) is 0 Å². The third-order valence-corrected chi connectivity index (χ3v) is 5.16. The number of nitrogens with two attached hydrogens (primary N) is 1. The van der Waals surface area contributed by atoms with Crippen LogP contribution in [-0.2, 0) is 4.79 Å². The normalized spacial score (nSPS) is 25.0. The molecule has 1 heterocycles. The molecule has 0 aromatic carbocycles. The molecular formula is C16H31N3O2. The molecule has 2 fully saturated rings. The summed E-state index contributed by atoms with van der Waals surface area (Å²) in [5.74, 6) is -0.896. The first-order chi connectivity index (χ1) is 9.99. The third-order valence-electron chi connectivity index (χ3n) is 5.16. The molecule has 2 rings (SSSR count). The maximum absolute atomic E-state index is 10.9. The lowest BCUT2D eigenvalue weighted by Crippen LogP contribution is -2.49. The number of unbranched alkanes of at least 4 members (excludes halogenated alkanes) is 1. The highest BCUT2D eigenvalue weighted by Gasteiger charge is 2.28.